The summed E-state index contributed by atoms with van der Waals surface area (Å²) in [5.41, 5.74) is 0.0229. The van der Waals surface area contributed by atoms with Gasteiger partial charge in [0.2, 0.25) is 5.13 Å². The molecular formula is C12H16BrN3S2. The van der Waals surface area contributed by atoms with Crippen molar-refractivity contribution in [3.05, 3.63) is 26.6 Å². The SMILES string of the molecule is CC(C)(C)c1nsc(NCCc2ccc(Br)s2)n1. The summed E-state index contributed by atoms with van der Waals surface area (Å²) in [6.45, 7) is 7.28. The number of thiophene rings is 1. The first-order valence-corrected chi connectivity index (χ1v) is 8.16. The van der Waals surface area contributed by atoms with E-state index >= 15 is 0 Å². The van der Waals surface area contributed by atoms with Gasteiger partial charge in [-0.1, -0.05) is 20.8 Å². The highest BCUT2D eigenvalue weighted by atomic mass is 79.9. The maximum absolute atomic E-state index is 4.51. The van der Waals surface area contributed by atoms with Crippen molar-refractivity contribution < 1.29 is 0 Å². The fourth-order valence-corrected chi connectivity index (χ4v) is 3.64. The Morgan fingerprint density at radius 3 is 2.67 bits per heavy atom. The van der Waals surface area contributed by atoms with Crippen LogP contribution in [0.5, 0.6) is 0 Å². The van der Waals surface area contributed by atoms with Crippen LogP contribution in [-0.4, -0.2) is 15.9 Å². The van der Waals surface area contributed by atoms with Crippen LogP contribution in [0.4, 0.5) is 5.13 Å². The molecule has 0 amide bonds. The van der Waals surface area contributed by atoms with Gasteiger partial charge in [0, 0.05) is 28.4 Å². The third-order valence-electron chi connectivity index (χ3n) is 2.37. The molecule has 2 aromatic rings. The van der Waals surface area contributed by atoms with Gasteiger partial charge in [-0.05, 0) is 34.5 Å². The number of rotatable bonds is 4. The maximum atomic E-state index is 4.51. The Morgan fingerprint density at radius 1 is 1.33 bits per heavy atom. The largest absolute Gasteiger partial charge is 0.360 e. The molecule has 0 fully saturated rings. The minimum atomic E-state index is 0.0229. The highest BCUT2D eigenvalue weighted by Crippen LogP contribution is 2.24. The van der Waals surface area contributed by atoms with Crippen LogP contribution in [0.25, 0.3) is 0 Å². The van der Waals surface area contributed by atoms with E-state index in [1.165, 1.54) is 20.2 Å². The predicted molar refractivity (Wildman–Crippen MR) is 82.8 cm³/mol. The summed E-state index contributed by atoms with van der Waals surface area (Å²) in [4.78, 5) is 5.88. The topological polar surface area (TPSA) is 37.8 Å². The highest BCUT2D eigenvalue weighted by Gasteiger charge is 2.19. The lowest BCUT2D eigenvalue weighted by Crippen LogP contribution is -2.13. The van der Waals surface area contributed by atoms with E-state index in [1.807, 2.05) is 0 Å². The van der Waals surface area contributed by atoms with Crippen molar-refractivity contribution in [1.82, 2.24) is 9.36 Å². The van der Waals surface area contributed by atoms with Gasteiger partial charge in [0.15, 0.2) is 0 Å². The lowest BCUT2D eigenvalue weighted by molar-refractivity contribution is 0.555. The van der Waals surface area contributed by atoms with E-state index in [1.54, 1.807) is 11.3 Å². The summed E-state index contributed by atoms with van der Waals surface area (Å²) in [7, 11) is 0. The van der Waals surface area contributed by atoms with Crippen molar-refractivity contribution >= 4 is 43.9 Å². The van der Waals surface area contributed by atoms with Crippen LogP contribution in [-0.2, 0) is 11.8 Å². The molecule has 2 rings (SSSR count). The van der Waals surface area contributed by atoms with Crippen LogP contribution in [0, 0.1) is 0 Å². The number of hydrogen-bond donors (Lipinski definition) is 1. The average molecular weight is 346 g/mol. The van der Waals surface area contributed by atoms with Gasteiger partial charge in [-0.25, -0.2) is 4.98 Å². The van der Waals surface area contributed by atoms with Gasteiger partial charge in [-0.15, -0.1) is 11.3 Å². The molecule has 0 aromatic carbocycles. The minimum Gasteiger partial charge on any atom is -0.360 e. The number of hydrogen-bond acceptors (Lipinski definition) is 5. The average Bonchev–Trinajstić information content (AvgIpc) is 2.87. The van der Waals surface area contributed by atoms with Crippen molar-refractivity contribution in [2.24, 2.45) is 0 Å². The van der Waals surface area contributed by atoms with Crippen molar-refractivity contribution in [1.29, 1.82) is 0 Å². The standard InChI is InChI=1S/C12H16BrN3S2/c1-12(2,3)10-15-11(18-16-10)14-7-6-8-4-5-9(13)17-8/h4-5H,6-7H2,1-3H3,(H,14,15,16). The summed E-state index contributed by atoms with van der Waals surface area (Å²) < 4.78 is 5.56. The minimum absolute atomic E-state index is 0.0229. The smallest absolute Gasteiger partial charge is 0.202 e. The van der Waals surface area contributed by atoms with E-state index in [0.29, 0.717) is 0 Å². The van der Waals surface area contributed by atoms with Crippen LogP contribution in [0.3, 0.4) is 0 Å². The third kappa shape index (κ3) is 3.76. The summed E-state index contributed by atoms with van der Waals surface area (Å²) in [5, 5.41) is 4.24. The zero-order valence-corrected chi connectivity index (χ0v) is 13.9. The molecule has 6 heteroatoms. The van der Waals surface area contributed by atoms with Crippen LogP contribution < -0.4 is 5.32 Å². The van der Waals surface area contributed by atoms with Crippen LogP contribution in [0.1, 0.15) is 31.5 Å². The first kappa shape index (κ1) is 14.0. The lowest BCUT2D eigenvalue weighted by Gasteiger charge is -2.12. The van der Waals surface area contributed by atoms with Gasteiger partial charge in [0.1, 0.15) is 5.82 Å². The van der Waals surface area contributed by atoms with E-state index < -0.39 is 0 Å². The molecule has 0 aliphatic carbocycles. The Labute approximate surface area is 124 Å². The molecule has 0 spiro atoms. The van der Waals surface area contributed by atoms with E-state index in [9.17, 15) is 0 Å². The van der Waals surface area contributed by atoms with Gasteiger partial charge in [-0.2, -0.15) is 4.37 Å². The first-order valence-electron chi connectivity index (χ1n) is 5.77. The van der Waals surface area contributed by atoms with Gasteiger partial charge in [-0.3, -0.25) is 0 Å². The van der Waals surface area contributed by atoms with Crippen molar-refractivity contribution in [2.75, 3.05) is 11.9 Å². The second-order valence-corrected chi connectivity index (χ2v) is 8.36. The van der Waals surface area contributed by atoms with Crippen LogP contribution >= 0.6 is 38.8 Å². The molecule has 0 aliphatic rings. The predicted octanol–water partition coefficient (Wildman–Crippen LogP) is 4.31. The van der Waals surface area contributed by atoms with Gasteiger partial charge in [0.05, 0.1) is 3.79 Å². The third-order valence-corrected chi connectivity index (χ3v) is 4.73. The van der Waals surface area contributed by atoms with E-state index in [4.69, 9.17) is 0 Å². The molecule has 0 unspecified atom stereocenters. The van der Waals surface area contributed by atoms with E-state index in [-0.39, 0.29) is 5.41 Å². The van der Waals surface area contributed by atoms with E-state index in [2.05, 4.69) is 63.5 Å². The summed E-state index contributed by atoms with van der Waals surface area (Å²) >= 11 is 6.69. The number of aromatic nitrogens is 2. The molecule has 0 atom stereocenters. The molecule has 2 aromatic heterocycles. The molecule has 2 heterocycles. The number of anilines is 1. The van der Waals surface area contributed by atoms with Crippen LogP contribution in [0.15, 0.2) is 15.9 Å². The zero-order chi connectivity index (χ0) is 13.2. The molecule has 3 nitrogen and oxygen atoms in total. The Balaban J connectivity index is 1.85. The van der Waals surface area contributed by atoms with Crippen molar-refractivity contribution in [3.63, 3.8) is 0 Å². The Kier molecular flexibility index (Phi) is 4.40. The molecule has 1 N–H and O–H groups in total. The lowest BCUT2D eigenvalue weighted by atomic mass is 9.96. The Hall–Kier alpha value is -0.460. The number of nitrogens with one attached hydrogen (secondary N) is 1. The zero-order valence-electron chi connectivity index (χ0n) is 10.7. The highest BCUT2D eigenvalue weighted by molar-refractivity contribution is 9.11. The Bertz CT molecular complexity index is 513. The molecule has 0 saturated heterocycles. The normalized spacial score (nSPS) is 11.8. The van der Waals surface area contributed by atoms with Gasteiger partial charge >= 0.3 is 0 Å². The second-order valence-electron chi connectivity index (χ2n) is 5.06. The van der Waals surface area contributed by atoms with Crippen molar-refractivity contribution in [2.45, 2.75) is 32.6 Å². The Morgan fingerprint density at radius 2 is 2.11 bits per heavy atom. The fraction of sp³-hybridized carbons (Fsp3) is 0.500. The number of halogens is 1. The second kappa shape index (κ2) is 5.67. The molecule has 0 bridgehead atoms. The van der Waals surface area contributed by atoms with Crippen molar-refractivity contribution in [3.8, 4) is 0 Å². The van der Waals surface area contributed by atoms with E-state index in [0.717, 1.165) is 23.9 Å². The molecule has 0 radical (unpaired) electrons. The molecular weight excluding hydrogens is 330 g/mol. The fourth-order valence-electron chi connectivity index (χ4n) is 1.38. The molecule has 98 valence electrons. The molecule has 0 aliphatic heterocycles. The molecule has 0 saturated carbocycles. The number of nitrogens with zero attached hydrogens (tertiary/aromatic N) is 2. The first-order chi connectivity index (χ1) is 8.45. The maximum Gasteiger partial charge on any atom is 0.202 e. The van der Waals surface area contributed by atoms with Gasteiger partial charge < -0.3 is 5.32 Å². The summed E-state index contributed by atoms with van der Waals surface area (Å²) in [6, 6.07) is 4.24. The molecule has 18 heavy (non-hydrogen) atoms. The quantitative estimate of drug-likeness (QED) is 0.896. The summed E-state index contributed by atoms with van der Waals surface area (Å²) in [5.74, 6) is 0.911. The monoisotopic (exact) mass is 345 g/mol. The summed E-state index contributed by atoms with van der Waals surface area (Å²) in [6.07, 6.45) is 1.01. The van der Waals surface area contributed by atoms with Gasteiger partial charge in [0.25, 0.3) is 0 Å². The van der Waals surface area contributed by atoms with Crippen LogP contribution in [0.2, 0.25) is 0 Å².